The van der Waals surface area contributed by atoms with Crippen LogP contribution in [0.3, 0.4) is 0 Å². The highest BCUT2D eigenvalue weighted by atomic mass is 35.5. The van der Waals surface area contributed by atoms with Crippen LogP contribution >= 0.6 is 11.6 Å². The van der Waals surface area contributed by atoms with Crippen LogP contribution in [0.4, 0.5) is 11.4 Å². The SMILES string of the molecule is Cc1ccc(-c2nc3cc(Cl)c(N)cn3n2)cc1N. The molecule has 0 radical (unpaired) electrons. The van der Waals surface area contributed by atoms with E-state index in [0.29, 0.717) is 27.9 Å². The molecule has 2 heterocycles. The summed E-state index contributed by atoms with van der Waals surface area (Å²) in [6, 6.07) is 7.42. The third-order valence-electron chi connectivity index (χ3n) is 2.99. The van der Waals surface area contributed by atoms with Crippen molar-refractivity contribution >= 4 is 28.6 Å². The largest absolute Gasteiger partial charge is 0.398 e. The third kappa shape index (κ3) is 1.98. The normalized spacial score (nSPS) is 11.1. The van der Waals surface area contributed by atoms with Crippen LogP contribution in [0, 0.1) is 6.92 Å². The Morgan fingerprint density at radius 1 is 1.16 bits per heavy atom. The van der Waals surface area contributed by atoms with E-state index in [2.05, 4.69) is 10.1 Å². The minimum absolute atomic E-state index is 0.467. The molecule has 2 aromatic heterocycles. The zero-order valence-electron chi connectivity index (χ0n) is 10.3. The van der Waals surface area contributed by atoms with Gasteiger partial charge in [0.25, 0.3) is 0 Å². The van der Waals surface area contributed by atoms with Crippen LogP contribution in [0.25, 0.3) is 17.0 Å². The first-order valence-corrected chi connectivity index (χ1v) is 6.10. The van der Waals surface area contributed by atoms with Crippen molar-refractivity contribution in [3.05, 3.63) is 41.0 Å². The molecule has 0 saturated carbocycles. The van der Waals surface area contributed by atoms with Gasteiger partial charge in [0.15, 0.2) is 11.5 Å². The number of hydrogen-bond acceptors (Lipinski definition) is 4. The number of nitrogens with two attached hydrogens (primary N) is 2. The Morgan fingerprint density at radius 2 is 1.95 bits per heavy atom. The van der Waals surface area contributed by atoms with Crippen LogP contribution in [0.5, 0.6) is 0 Å². The molecule has 1 aromatic carbocycles. The molecule has 0 amide bonds. The van der Waals surface area contributed by atoms with Gasteiger partial charge in [0.1, 0.15) is 0 Å². The Hall–Kier alpha value is -2.27. The highest BCUT2D eigenvalue weighted by Crippen LogP contribution is 2.24. The quantitative estimate of drug-likeness (QED) is 0.668. The van der Waals surface area contributed by atoms with Gasteiger partial charge in [-0.15, -0.1) is 5.10 Å². The van der Waals surface area contributed by atoms with E-state index in [-0.39, 0.29) is 0 Å². The molecule has 6 heteroatoms. The lowest BCUT2D eigenvalue weighted by atomic mass is 10.1. The van der Waals surface area contributed by atoms with Crippen molar-refractivity contribution in [2.75, 3.05) is 11.5 Å². The summed E-state index contributed by atoms with van der Waals surface area (Å²) in [5.74, 6) is 0.591. The molecular weight excluding hydrogens is 262 g/mol. The molecule has 5 nitrogen and oxygen atoms in total. The van der Waals surface area contributed by atoms with E-state index < -0.39 is 0 Å². The molecule has 3 aromatic rings. The van der Waals surface area contributed by atoms with Gasteiger partial charge in [-0.05, 0) is 18.6 Å². The first kappa shape index (κ1) is 11.8. The average molecular weight is 274 g/mol. The van der Waals surface area contributed by atoms with Gasteiger partial charge >= 0.3 is 0 Å². The number of fused-ring (bicyclic) bond motifs is 1. The minimum atomic E-state index is 0.467. The fraction of sp³-hybridized carbons (Fsp3) is 0.0769. The lowest BCUT2D eigenvalue weighted by Crippen LogP contribution is -1.93. The Morgan fingerprint density at radius 3 is 2.68 bits per heavy atom. The lowest BCUT2D eigenvalue weighted by molar-refractivity contribution is 0.968. The molecule has 0 atom stereocenters. The van der Waals surface area contributed by atoms with Crippen molar-refractivity contribution in [1.29, 1.82) is 0 Å². The van der Waals surface area contributed by atoms with E-state index in [9.17, 15) is 0 Å². The van der Waals surface area contributed by atoms with Gasteiger partial charge in [-0.3, -0.25) is 0 Å². The minimum Gasteiger partial charge on any atom is -0.398 e. The molecular formula is C13H12ClN5. The van der Waals surface area contributed by atoms with Crippen LogP contribution in [0.1, 0.15) is 5.56 Å². The zero-order chi connectivity index (χ0) is 13.6. The maximum atomic E-state index is 5.96. The van der Waals surface area contributed by atoms with Gasteiger partial charge in [0.05, 0.1) is 16.9 Å². The predicted molar refractivity (Wildman–Crippen MR) is 77.0 cm³/mol. The van der Waals surface area contributed by atoms with E-state index in [1.54, 1.807) is 16.8 Å². The van der Waals surface area contributed by atoms with E-state index >= 15 is 0 Å². The molecule has 0 saturated heterocycles. The summed E-state index contributed by atoms with van der Waals surface area (Å²) in [5.41, 5.74) is 15.4. The summed E-state index contributed by atoms with van der Waals surface area (Å²) in [6.45, 7) is 1.96. The Kier molecular flexibility index (Phi) is 2.57. The van der Waals surface area contributed by atoms with Crippen molar-refractivity contribution in [1.82, 2.24) is 14.6 Å². The monoisotopic (exact) mass is 273 g/mol. The summed E-state index contributed by atoms with van der Waals surface area (Å²) >= 11 is 5.96. The Balaban J connectivity index is 2.17. The molecule has 0 aliphatic heterocycles. The van der Waals surface area contributed by atoms with Gasteiger partial charge in [0.2, 0.25) is 0 Å². The highest BCUT2D eigenvalue weighted by Gasteiger charge is 2.09. The lowest BCUT2D eigenvalue weighted by Gasteiger charge is -2.00. The number of nitrogens with zero attached hydrogens (tertiary/aromatic N) is 3. The number of rotatable bonds is 1. The van der Waals surface area contributed by atoms with Crippen LogP contribution in [-0.2, 0) is 0 Å². The molecule has 0 unspecified atom stereocenters. The number of anilines is 2. The molecule has 0 fully saturated rings. The second kappa shape index (κ2) is 4.13. The van der Waals surface area contributed by atoms with Gasteiger partial charge < -0.3 is 11.5 Å². The van der Waals surface area contributed by atoms with E-state index in [1.165, 1.54) is 0 Å². The standard InChI is InChI=1S/C13H12ClN5/c1-7-2-3-8(4-10(7)15)13-17-12-5-9(14)11(16)6-19(12)18-13/h2-6H,15-16H2,1H3. The number of nitrogen functional groups attached to an aromatic ring is 2. The summed E-state index contributed by atoms with van der Waals surface area (Å²) in [6.07, 6.45) is 1.64. The maximum absolute atomic E-state index is 5.96. The summed E-state index contributed by atoms with van der Waals surface area (Å²) in [7, 11) is 0. The van der Waals surface area contributed by atoms with Crippen molar-refractivity contribution < 1.29 is 0 Å². The number of halogens is 1. The molecule has 0 spiro atoms. The number of pyridine rings is 1. The number of hydrogen-bond donors (Lipinski definition) is 2. The Bertz CT molecular complexity index is 739. The van der Waals surface area contributed by atoms with Crippen molar-refractivity contribution in [3.63, 3.8) is 0 Å². The summed E-state index contributed by atoms with van der Waals surface area (Å²) in [5, 5.41) is 4.83. The predicted octanol–water partition coefficient (Wildman–Crippen LogP) is 2.52. The number of benzene rings is 1. The molecule has 4 N–H and O–H groups in total. The first-order valence-electron chi connectivity index (χ1n) is 5.72. The zero-order valence-corrected chi connectivity index (χ0v) is 11.0. The van der Waals surface area contributed by atoms with Gasteiger partial charge in [0, 0.05) is 17.3 Å². The van der Waals surface area contributed by atoms with Crippen molar-refractivity contribution in [2.45, 2.75) is 6.92 Å². The summed E-state index contributed by atoms with van der Waals surface area (Å²) < 4.78 is 1.60. The maximum Gasteiger partial charge on any atom is 0.182 e. The van der Waals surface area contributed by atoms with E-state index in [4.69, 9.17) is 23.1 Å². The van der Waals surface area contributed by atoms with Gasteiger partial charge in [-0.2, -0.15) is 0 Å². The molecule has 96 valence electrons. The van der Waals surface area contributed by atoms with Crippen LogP contribution in [0.2, 0.25) is 5.02 Å². The highest BCUT2D eigenvalue weighted by molar-refractivity contribution is 6.33. The molecule has 0 aliphatic rings. The van der Waals surface area contributed by atoms with Crippen molar-refractivity contribution in [3.8, 4) is 11.4 Å². The van der Waals surface area contributed by atoms with Crippen LogP contribution in [0.15, 0.2) is 30.5 Å². The second-order valence-electron chi connectivity index (χ2n) is 4.39. The average Bonchev–Trinajstić information content (AvgIpc) is 2.76. The number of aromatic nitrogens is 3. The molecule has 3 rings (SSSR count). The van der Waals surface area contributed by atoms with Gasteiger partial charge in [-0.1, -0.05) is 23.7 Å². The summed E-state index contributed by atoms with van der Waals surface area (Å²) in [4.78, 5) is 4.41. The molecule has 0 aliphatic carbocycles. The molecule has 0 bridgehead atoms. The fourth-order valence-electron chi connectivity index (χ4n) is 1.82. The fourth-order valence-corrected chi connectivity index (χ4v) is 1.97. The molecule has 19 heavy (non-hydrogen) atoms. The van der Waals surface area contributed by atoms with Gasteiger partial charge in [-0.25, -0.2) is 9.50 Å². The topological polar surface area (TPSA) is 82.2 Å². The smallest absolute Gasteiger partial charge is 0.182 e. The van der Waals surface area contributed by atoms with Crippen molar-refractivity contribution in [2.24, 2.45) is 0 Å². The third-order valence-corrected chi connectivity index (χ3v) is 3.32. The number of aryl methyl sites for hydroxylation is 1. The first-order chi connectivity index (χ1) is 9.04. The Labute approximate surface area is 114 Å². The van der Waals surface area contributed by atoms with Crippen LogP contribution < -0.4 is 11.5 Å². The van der Waals surface area contributed by atoms with E-state index in [1.807, 2.05) is 25.1 Å². The second-order valence-corrected chi connectivity index (χ2v) is 4.79. The van der Waals surface area contributed by atoms with E-state index in [0.717, 1.165) is 11.1 Å². The van der Waals surface area contributed by atoms with Crippen LogP contribution in [-0.4, -0.2) is 14.6 Å².